The van der Waals surface area contributed by atoms with Gasteiger partial charge >= 0.3 is 5.97 Å². The number of carbonyl (C=O) groups is 2. The van der Waals surface area contributed by atoms with Crippen molar-refractivity contribution in [2.45, 2.75) is 32.1 Å². The molecule has 0 unspecified atom stereocenters. The number of morpholine rings is 1. The first-order valence-corrected chi connectivity index (χ1v) is 11.8. The number of benzene rings is 1. The monoisotopic (exact) mass is 438 g/mol. The van der Waals surface area contributed by atoms with Crippen LogP contribution < -0.4 is 0 Å². The van der Waals surface area contributed by atoms with Gasteiger partial charge in [0.2, 0.25) is 10.0 Å². The number of hydrogen-bond acceptors (Lipinski definition) is 6. The zero-order valence-corrected chi connectivity index (χ0v) is 18.6. The Balaban J connectivity index is 1.68. The lowest BCUT2D eigenvalue weighted by molar-refractivity contribution is -0.137. The lowest BCUT2D eigenvalue weighted by Crippen LogP contribution is -2.44. The molecule has 0 saturated carbocycles. The molecular weight excluding hydrogens is 408 g/mol. The molecule has 2 aliphatic rings. The number of amides is 1. The standard InChI is InChI=1S/C21H30N2O6S/c1-15-10-16(2)13-22(12-15)20(24)14-29-21(25)18-5-4-17(3)19(11-18)30(26,27)23-6-8-28-9-7-23/h4-5,11,15-16H,6-10,12-14H2,1-3H3/t15-,16-/m1/s1. The van der Waals surface area contributed by atoms with E-state index in [9.17, 15) is 18.0 Å². The van der Waals surface area contributed by atoms with E-state index in [2.05, 4.69) is 13.8 Å². The Morgan fingerprint density at radius 3 is 2.40 bits per heavy atom. The third-order valence-electron chi connectivity index (χ3n) is 5.56. The minimum Gasteiger partial charge on any atom is -0.452 e. The van der Waals surface area contributed by atoms with Crippen LogP contribution in [0.4, 0.5) is 0 Å². The van der Waals surface area contributed by atoms with E-state index in [1.807, 2.05) is 0 Å². The van der Waals surface area contributed by atoms with Crippen LogP contribution in [-0.4, -0.2) is 75.5 Å². The van der Waals surface area contributed by atoms with Crippen LogP contribution in [-0.2, 0) is 24.3 Å². The molecule has 2 saturated heterocycles. The number of ether oxygens (including phenoxy) is 2. The van der Waals surface area contributed by atoms with E-state index in [4.69, 9.17) is 9.47 Å². The molecule has 0 bridgehead atoms. The molecule has 2 atom stereocenters. The van der Waals surface area contributed by atoms with Gasteiger partial charge in [-0.25, -0.2) is 13.2 Å². The molecular formula is C21H30N2O6S. The molecule has 166 valence electrons. The Labute approximate surface area is 178 Å². The third kappa shape index (κ3) is 5.19. The highest BCUT2D eigenvalue weighted by molar-refractivity contribution is 7.89. The van der Waals surface area contributed by atoms with E-state index in [0.717, 1.165) is 6.42 Å². The minimum absolute atomic E-state index is 0.0730. The highest BCUT2D eigenvalue weighted by atomic mass is 32.2. The predicted octanol–water partition coefficient (Wildman–Crippen LogP) is 1.68. The maximum atomic E-state index is 13.0. The SMILES string of the molecule is Cc1ccc(C(=O)OCC(=O)N2C[C@H](C)C[C@@H](C)C2)cc1S(=O)(=O)N1CCOCC1. The number of sulfonamides is 1. The van der Waals surface area contributed by atoms with E-state index >= 15 is 0 Å². The summed E-state index contributed by atoms with van der Waals surface area (Å²) < 4.78 is 37.7. The Morgan fingerprint density at radius 2 is 1.77 bits per heavy atom. The number of aryl methyl sites for hydroxylation is 1. The van der Waals surface area contributed by atoms with Crippen molar-refractivity contribution in [1.82, 2.24) is 9.21 Å². The fourth-order valence-corrected chi connectivity index (χ4v) is 5.76. The second-order valence-corrected chi connectivity index (χ2v) is 10.2. The zero-order valence-electron chi connectivity index (χ0n) is 17.8. The highest BCUT2D eigenvalue weighted by Crippen LogP contribution is 2.23. The predicted molar refractivity (Wildman–Crippen MR) is 111 cm³/mol. The summed E-state index contributed by atoms with van der Waals surface area (Å²) in [5.74, 6) is -0.105. The van der Waals surface area contributed by atoms with Crippen LogP contribution in [0.15, 0.2) is 23.1 Å². The van der Waals surface area contributed by atoms with Gasteiger partial charge in [-0.05, 0) is 42.9 Å². The first-order chi connectivity index (χ1) is 14.2. The van der Waals surface area contributed by atoms with Crippen LogP contribution in [0.1, 0.15) is 36.2 Å². The van der Waals surface area contributed by atoms with Crippen LogP contribution >= 0.6 is 0 Å². The van der Waals surface area contributed by atoms with E-state index in [1.165, 1.54) is 16.4 Å². The number of esters is 1. The van der Waals surface area contributed by atoms with Crippen molar-refractivity contribution in [3.8, 4) is 0 Å². The minimum atomic E-state index is -3.74. The molecule has 30 heavy (non-hydrogen) atoms. The third-order valence-corrected chi connectivity index (χ3v) is 7.60. The largest absolute Gasteiger partial charge is 0.452 e. The Kier molecular flexibility index (Phi) is 7.15. The van der Waals surface area contributed by atoms with Crippen LogP contribution in [0.25, 0.3) is 0 Å². The van der Waals surface area contributed by atoms with E-state index < -0.39 is 16.0 Å². The van der Waals surface area contributed by atoms with Crippen LogP contribution in [0.2, 0.25) is 0 Å². The molecule has 2 aliphatic heterocycles. The Bertz CT molecular complexity index is 885. The normalized spacial score (nSPS) is 23.2. The Morgan fingerprint density at radius 1 is 1.13 bits per heavy atom. The zero-order chi connectivity index (χ0) is 21.9. The lowest BCUT2D eigenvalue weighted by atomic mass is 9.92. The highest BCUT2D eigenvalue weighted by Gasteiger charge is 2.29. The number of likely N-dealkylation sites (tertiary alicyclic amines) is 1. The molecule has 0 radical (unpaired) electrons. The van der Waals surface area contributed by atoms with E-state index in [1.54, 1.807) is 17.9 Å². The number of rotatable bonds is 5. The molecule has 1 amide bonds. The van der Waals surface area contributed by atoms with Gasteiger partial charge in [-0.1, -0.05) is 19.9 Å². The summed E-state index contributed by atoms with van der Waals surface area (Å²) in [7, 11) is -3.74. The number of nitrogens with zero attached hydrogens (tertiary/aromatic N) is 2. The van der Waals surface area contributed by atoms with Crippen molar-refractivity contribution < 1.29 is 27.5 Å². The van der Waals surface area contributed by atoms with Crippen LogP contribution in [0.3, 0.4) is 0 Å². The molecule has 3 rings (SSSR count). The number of hydrogen-bond donors (Lipinski definition) is 0. The summed E-state index contributed by atoms with van der Waals surface area (Å²) in [6.45, 7) is 8.10. The summed E-state index contributed by atoms with van der Waals surface area (Å²) in [6.07, 6.45) is 1.08. The summed E-state index contributed by atoms with van der Waals surface area (Å²) in [5.41, 5.74) is 0.658. The maximum absolute atomic E-state index is 13.0. The molecule has 1 aromatic rings. The topological polar surface area (TPSA) is 93.2 Å². The quantitative estimate of drug-likeness (QED) is 0.650. The van der Waals surface area contributed by atoms with Gasteiger partial charge in [0.15, 0.2) is 6.61 Å². The van der Waals surface area contributed by atoms with Gasteiger partial charge in [0.25, 0.3) is 5.91 Å². The average Bonchev–Trinajstić information content (AvgIpc) is 2.71. The summed E-state index contributed by atoms with van der Waals surface area (Å²) in [6, 6.07) is 4.43. The molecule has 0 aromatic heterocycles. The molecule has 0 spiro atoms. The molecule has 9 heteroatoms. The van der Waals surface area contributed by atoms with Crippen molar-refractivity contribution in [3.63, 3.8) is 0 Å². The second kappa shape index (κ2) is 9.45. The smallest absolute Gasteiger partial charge is 0.338 e. The fourth-order valence-electron chi connectivity index (χ4n) is 4.10. The van der Waals surface area contributed by atoms with Gasteiger partial charge < -0.3 is 14.4 Å². The summed E-state index contributed by atoms with van der Waals surface area (Å²) in [4.78, 5) is 26.8. The lowest BCUT2D eigenvalue weighted by Gasteiger charge is -2.34. The first-order valence-electron chi connectivity index (χ1n) is 10.3. The average molecular weight is 439 g/mol. The van der Waals surface area contributed by atoms with Crippen LogP contribution in [0, 0.1) is 18.8 Å². The Hall–Kier alpha value is -1.97. The molecule has 1 aromatic carbocycles. The van der Waals surface area contributed by atoms with E-state index in [-0.39, 0.29) is 36.1 Å². The van der Waals surface area contributed by atoms with Gasteiger partial charge in [-0.15, -0.1) is 0 Å². The molecule has 0 N–H and O–H groups in total. The first kappa shape index (κ1) is 22.7. The summed E-state index contributed by atoms with van der Waals surface area (Å²) in [5, 5.41) is 0. The van der Waals surface area contributed by atoms with Crippen molar-refractivity contribution in [2.75, 3.05) is 46.0 Å². The van der Waals surface area contributed by atoms with Gasteiger partial charge in [0.05, 0.1) is 23.7 Å². The van der Waals surface area contributed by atoms with Gasteiger partial charge in [-0.3, -0.25) is 4.79 Å². The molecule has 2 heterocycles. The van der Waals surface area contributed by atoms with Gasteiger partial charge in [-0.2, -0.15) is 4.31 Å². The number of piperidine rings is 1. The molecule has 8 nitrogen and oxygen atoms in total. The van der Waals surface area contributed by atoms with Crippen molar-refractivity contribution in [3.05, 3.63) is 29.3 Å². The van der Waals surface area contributed by atoms with Crippen molar-refractivity contribution in [1.29, 1.82) is 0 Å². The van der Waals surface area contributed by atoms with E-state index in [0.29, 0.717) is 43.7 Å². The van der Waals surface area contributed by atoms with Gasteiger partial charge in [0, 0.05) is 26.2 Å². The number of carbonyl (C=O) groups excluding carboxylic acids is 2. The molecule has 2 fully saturated rings. The van der Waals surface area contributed by atoms with Gasteiger partial charge in [0.1, 0.15) is 0 Å². The second-order valence-electron chi connectivity index (χ2n) is 8.32. The van der Waals surface area contributed by atoms with Crippen molar-refractivity contribution in [2.24, 2.45) is 11.8 Å². The fraction of sp³-hybridized carbons (Fsp3) is 0.619. The van der Waals surface area contributed by atoms with Crippen LogP contribution in [0.5, 0.6) is 0 Å². The van der Waals surface area contributed by atoms with Crippen molar-refractivity contribution >= 4 is 21.9 Å². The maximum Gasteiger partial charge on any atom is 0.338 e. The summed E-state index contributed by atoms with van der Waals surface area (Å²) >= 11 is 0. The molecule has 0 aliphatic carbocycles.